The Balaban J connectivity index is 1.49. The van der Waals surface area contributed by atoms with Gasteiger partial charge in [-0.15, -0.1) is 0 Å². The maximum Gasteiger partial charge on any atom is 0.159 e. The largest absolute Gasteiger partial charge is 0.454 e. The summed E-state index contributed by atoms with van der Waals surface area (Å²) in [6.45, 7) is 0. The Kier molecular flexibility index (Phi) is 4.82. The minimum Gasteiger partial charge on any atom is -0.454 e. The van der Waals surface area contributed by atoms with Crippen molar-refractivity contribution in [3.05, 3.63) is 140 Å². The predicted molar refractivity (Wildman–Crippen MR) is 151 cm³/mol. The van der Waals surface area contributed by atoms with Gasteiger partial charge in [0.25, 0.3) is 0 Å². The molecular weight excluding hydrogens is 438 g/mol. The van der Waals surface area contributed by atoms with Gasteiger partial charge in [0.15, 0.2) is 5.58 Å². The normalized spacial score (nSPS) is 11.3. The first-order valence-electron chi connectivity index (χ1n) is 12.2. The molecule has 7 aromatic rings. The number of fused-ring (bicyclic) bond motifs is 4. The molecule has 0 aliphatic carbocycles. The first kappa shape index (κ1) is 20.5. The zero-order valence-corrected chi connectivity index (χ0v) is 19.6. The summed E-state index contributed by atoms with van der Waals surface area (Å²) < 4.78 is 6.47. The molecule has 0 aliphatic heterocycles. The monoisotopic (exact) mass is 461 g/mol. The van der Waals surface area contributed by atoms with Crippen LogP contribution in [0.2, 0.25) is 0 Å². The van der Waals surface area contributed by atoms with E-state index in [9.17, 15) is 0 Å². The molecule has 0 spiro atoms. The second-order valence-electron chi connectivity index (χ2n) is 9.00. The van der Waals surface area contributed by atoms with Crippen molar-refractivity contribution < 1.29 is 4.42 Å². The summed E-state index contributed by atoms with van der Waals surface area (Å²) in [5.41, 5.74) is 7.41. The van der Waals surface area contributed by atoms with E-state index >= 15 is 0 Å². The van der Waals surface area contributed by atoms with Crippen molar-refractivity contribution in [2.75, 3.05) is 4.90 Å². The van der Waals surface area contributed by atoms with E-state index in [0.717, 1.165) is 39.0 Å². The summed E-state index contributed by atoms with van der Waals surface area (Å²) in [4.78, 5) is 2.32. The van der Waals surface area contributed by atoms with Gasteiger partial charge in [-0.2, -0.15) is 0 Å². The van der Waals surface area contributed by atoms with Crippen LogP contribution in [0.5, 0.6) is 0 Å². The van der Waals surface area contributed by atoms with Crippen LogP contribution in [0, 0.1) is 0 Å². The summed E-state index contributed by atoms with van der Waals surface area (Å²) >= 11 is 0. The smallest absolute Gasteiger partial charge is 0.159 e. The van der Waals surface area contributed by atoms with Crippen LogP contribution in [-0.4, -0.2) is 0 Å². The van der Waals surface area contributed by atoms with Crippen molar-refractivity contribution in [2.24, 2.45) is 0 Å². The number of hydrogen-bond acceptors (Lipinski definition) is 2. The van der Waals surface area contributed by atoms with Gasteiger partial charge in [-0.3, -0.25) is 0 Å². The highest BCUT2D eigenvalue weighted by atomic mass is 16.3. The fraction of sp³-hybridized carbons (Fsp3) is 0. The summed E-state index contributed by atoms with van der Waals surface area (Å²) in [6, 6.07) is 49.0. The van der Waals surface area contributed by atoms with Gasteiger partial charge < -0.3 is 9.32 Å². The number of para-hydroxylation sites is 2. The number of anilines is 3. The quantitative estimate of drug-likeness (QED) is 0.259. The van der Waals surface area contributed by atoms with Crippen LogP contribution < -0.4 is 4.90 Å². The molecule has 0 radical (unpaired) electrons. The topological polar surface area (TPSA) is 16.4 Å². The van der Waals surface area contributed by atoms with Crippen molar-refractivity contribution in [3.8, 4) is 11.1 Å². The molecule has 0 amide bonds. The third-order valence-corrected chi connectivity index (χ3v) is 6.86. The zero-order chi connectivity index (χ0) is 23.9. The lowest BCUT2D eigenvalue weighted by Gasteiger charge is -2.27. The van der Waals surface area contributed by atoms with E-state index < -0.39 is 0 Å². The van der Waals surface area contributed by atoms with Crippen LogP contribution in [0.25, 0.3) is 43.8 Å². The second-order valence-corrected chi connectivity index (χ2v) is 9.00. The molecule has 2 nitrogen and oxygen atoms in total. The SMILES string of the molecule is c1ccc(-c2ccc(N(c3cccc4ccccc34)c3cccc4c3oc3ccccc34)cc2)cc1. The maximum atomic E-state index is 6.47. The van der Waals surface area contributed by atoms with Crippen LogP contribution in [0.15, 0.2) is 144 Å². The highest BCUT2D eigenvalue weighted by Crippen LogP contribution is 2.44. The van der Waals surface area contributed by atoms with Crippen LogP contribution in [-0.2, 0) is 0 Å². The Morgan fingerprint density at radius 2 is 1.03 bits per heavy atom. The molecule has 36 heavy (non-hydrogen) atoms. The Labute approximate surface area is 209 Å². The number of rotatable bonds is 4. The predicted octanol–water partition coefficient (Wildman–Crippen LogP) is 9.88. The molecule has 0 bridgehead atoms. The molecule has 0 saturated carbocycles. The molecule has 0 aliphatic rings. The van der Waals surface area contributed by atoms with Gasteiger partial charge in [0.05, 0.1) is 11.4 Å². The van der Waals surface area contributed by atoms with Gasteiger partial charge in [-0.1, -0.05) is 109 Å². The molecule has 0 N–H and O–H groups in total. The van der Waals surface area contributed by atoms with Crippen LogP contribution in [0.3, 0.4) is 0 Å². The molecule has 0 saturated heterocycles. The molecule has 2 heteroatoms. The average molecular weight is 462 g/mol. The summed E-state index contributed by atoms with van der Waals surface area (Å²) in [6.07, 6.45) is 0. The molecule has 6 aromatic carbocycles. The van der Waals surface area contributed by atoms with E-state index in [2.05, 4.69) is 126 Å². The van der Waals surface area contributed by atoms with E-state index in [1.54, 1.807) is 0 Å². The Hall–Kier alpha value is -4.82. The highest BCUT2D eigenvalue weighted by Gasteiger charge is 2.20. The maximum absolute atomic E-state index is 6.47. The third kappa shape index (κ3) is 3.35. The van der Waals surface area contributed by atoms with E-state index in [1.807, 2.05) is 18.2 Å². The van der Waals surface area contributed by atoms with Gasteiger partial charge in [0.2, 0.25) is 0 Å². The molecule has 7 rings (SSSR count). The fourth-order valence-electron chi connectivity index (χ4n) is 5.15. The van der Waals surface area contributed by atoms with Gasteiger partial charge in [0.1, 0.15) is 5.58 Å². The van der Waals surface area contributed by atoms with Crippen molar-refractivity contribution >= 4 is 49.8 Å². The minimum atomic E-state index is 0.888. The van der Waals surface area contributed by atoms with Crippen molar-refractivity contribution in [3.63, 3.8) is 0 Å². The van der Waals surface area contributed by atoms with Gasteiger partial charge in [-0.05, 0) is 46.8 Å². The van der Waals surface area contributed by atoms with Gasteiger partial charge in [-0.25, -0.2) is 0 Å². The van der Waals surface area contributed by atoms with E-state index in [0.29, 0.717) is 0 Å². The minimum absolute atomic E-state index is 0.888. The average Bonchev–Trinajstić information content (AvgIpc) is 3.34. The number of furan rings is 1. The second kappa shape index (κ2) is 8.44. The molecule has 170 valence electrons. The van der Waals surface area contributed by atoms with Crippen LogP contribution in [0.4, 0.5) is 17.1 Å². The molecule has 1 aromatic heterocycles. The standard InChI is InChI=1S/C34H23NO/c1-2-10-24(11-3-1)25-20-22-27(23-21-25)35(31-17-8-13-26-12-4-5-14-28(26)31)32-18-9-16-30-29-15-6-7-19-33(29)36-34(30)32/h1-23H. The zero-order valence-electron chi connectivity index (χ0n) is 19.6. The number of nitrogens with zero attached hydrogens (tertiary/aromatic N) is 1. The van der Waals surface area contributed by atoms with Gasteiger partial charge >= 0.3 is 0 Å². The van der Waals surface area contributed by atoms with Gasteiger partial charge in [0, 0.05) is 21.8 Å². The van der Waals surface area contributed by atoms with Crippen LogP contribution in [0.1, 0.15) is 0 Å². The fourth-order valence-corrected chi connectivity index (χ4v) is 5.15. The number of hydrogen-bond donors (Lipinski definition) is 0. The van der Waals surface area contributed by atoms with E-state index in [4.69, 9.17) is 4.42 Å². The Morgan fingerprint density at radius 3 is 1.89 bits per heavy atom. The summed E-state index contributed by atoms with van der Waals surface area (Å²) in [5.74, 6) is 0. The molecule has 0 unspecified atom stereocenters. The highest BCUT2D eigenvalue weighted by molar-refractivity contribution is 6.11. The lowest BCUT2D eigenvalue weighted by molar-refractivity contribution is 0.669. The lowest BCUT2D eigenvalue weighted by atomic mass is 10.0. The first-order chi connectivity index (χ1) is 17.9. The summed E-state index contributed by atoms with van der Waals surface area (Å²) in [7, 11) is 0. The van der Waals surface area contributed by atoms with E-state index in [1.165, 1.54) is 21.9 Å². The first-order valence-corrected chi connectivity index (χ1v) is 12.2. The Morgan fingerprint density at radius 1 is 0.417 bits per heavy atom. The van der Waals surface area contributed by atoms with Crippen molar-refractivity contribution in [1.29, 1.82) is 0 Å². The van der Waals surface area contributed by atoms with Crippen molar-refractivity contribution in [1.82, 2.24) is 0 Å². The lowest BCUT2D eigenvalue weighted by Crippen LogP contribution is -2.10. The van der Waals surface area contributed by atoms with Crippen molar-refractivity contribution in [2.45, 2.75) is 0 Å². The molecule has 1 heterocycles. The van der Waals surface area contributed by atoms with E-state index in [-0.39, 0.29) is 0 Å². The molecular formula is C34H23NO. The van der Waals surface area contributed by atoms with Crippen LogP contribution >= 0.6 is 0 Å². The molecule has 0 fully saturated rings. The summed E-state index contributed by atoms with van der Waals surface area (Å²) in [5, 5.41) is 4.65. The Bertz CT molecular complexity index is 1830. The number of benzene rings is 6. The third-order valence-electron chi connectivity index (χ3n) is 6.86. The molecule has 0 atom stereocenters.